The molecule has 1 N–H and O–H groups in total. The zero-order valence-corrected chi connectivity index (χ0v) is 18.9. The number of rotatable bonds is 8. The third-order valence-corrected chi connectivity index (χ3v) is 5.23. The molecule has 160 valence electrons. The monoisotopic (exact) mass is 433 g/mol. The summed E-state index contributed by atoms with van der Waals surface area (Å²) in [5, 5.41) is 3.32. The van der Waals surface area contributed by atoms with Crippen LogP contribution in [0.4, 0.5) is 0 Å². The molecule has 0 fully saturated rings. The topological polar surface area (TPSA) is 38.3 Å². The highest BCUT2D eigenvalue weighted by Crippen LogP contribution is 2.27. The van der Waals surface area contributed by atoms with Crippen LogP contribution in [0.2, 0.25) is 5.02 Å². The molecule has 0 aliphatic rings. The maximum absolute atomic E-state index is 12.5. The third kappa shape index (κ3) is 6.47. The second kappa shape index (κ2) is 10.8. The molecule has 0 aliphatic heterocycles. The highest BCUT2D eigenvalue weighted by Gasteiger charge is 2.15. The average molecular weight is 434 g/mol. The van der Waals surface area contributed by atoms with Crippen LogP contribution in [0, 0.1) is 5.92 Å². The van der Waals surface area contributed by atoms with Crippen molar-refractivity contribution in [1.29, 1.82) is 0 Å². The van der Waals surface area contributed by atoms with E-state index < -0.39 is 0 Å². The predicted molar refractivity (Wildman–Crippen MR) is 129 cm³/mol. The highest BCUT2D eigenvalue weighted by atomic mass is 35.5. The second-order valence-corrected chi connectivity index (χ2v) is 8.11. The van der Waals surface area contributed by atoms with Crippen LogP contribution in [0.1, 0.15) is 25.0 Å². The number of nitrogens with one attached hydrogen (secondary N) is 1. The van der Waals surface area contributed by atoms with Gasteiger partial charge in [0.2, 0.25) is 5.91 Å². The van der Waals surface area contributed by atoms with Crippen LogP contribution in [0.3, 0.4) is 0 Å². The highest BCUT2D eigenvalue weighted by molar-refractivity contribution is 6.32. The molecule has 0 saturated heterocycles. The molecule has 3 rings (SSSR count). The Morgan fingerprint density at radius 1 is 1.00 bits per heavy atom. The van der Waals surface area contributed by atoms with Crippen LogP contribution in [-0.4, -0.2) is 19.1 Å². The molecule has 0 saturated carbocycles. The summed E-state index contributed by atoms with van der Waals surface area (Å²) in [7, 11) is 1.66. The van der Waals surface area contributed by atoms with Crippen LogP contribution < -0.4 is 10.1 Å². The maximum Gasteiger partial charge on any atom is 0.227 e. The molecule has 0 heterocycles. The Morgan fingerprint density at radius 3 is 2.29 bits per heavy atom. The molecule has 1 atom stereocenters. The van der Waals surface area contributed by atoms with Gasteiger partial charge in [0.25, 0.3) is 0 Å². The zero-order valence-electron chi connectivity index (χ0n) is 18.1. The van der Waals surface area contributed by atoms with Gasteiger partial charge in [-0.1, -0.05) is 84.4 Å². The molecule has 1 unspecified atom stereocenters. The Morgan fingerprint density at radius 2 is 1.68 bits per heavy atom. The average Bonchev–Trinajstić information content (AvgIpc) is 2.78. The maximum atomic E-state index is 12.5. The number of hydrogen-bond donors (Lipinski definition) is 1. The first-order valence-electron chi connectivity index (χ1n) is 10.5. The van der Waals surface area contributed by atoms with Gasteiger partial charge >= 0.3 is 0 Å². The van der Waals surface area contributed by atoms with Crippen molar-refractivity contribution in [2.24, 2.45) is 5.92 Å². The fraction of sp³-hybridized carbons (Fsp3) is 0.222. The van der Waals surface area contributed by atoms with E-state index in [9.17, 15) is 4.79 Å². The summed E-state index contributed by atoms with van der Waals surface area (Å²) in [6.07, 6.45) is 4.54. The fourth-order valence-corrected chi connectivity index (χ4v) is 3.58. The fourth-order valence-electron chi connectivity index (χ4n) is 3.35. The number of benzene rings is 3. The lowest BCUT2D eigenvalue weighted by atomic mass is 9.95. The third-order valence-electron chi connectivity index (χ3n) is 4.94. The normalized spacial score (nSPS) is 12.2. The van der Waals surface area contributed by atoms with Crippen LogP contribution in [0.25, 0.3) is 17.2 Å². The number of hydrogen-bond acceptors (Lipinski definition) is 2. The molecule has 0 spiro atoms. The standard InChI is InChI=1S/C27H28ClNO2/c1-19(2)31-26-16-12-21(18-25(26)28)11-15-24(27(30)29-3)17-20-9-13-23(14-10-20)22-7-5-4-6-8-22/h4-16,18-19,24H,17H2,1-3H3,(H,29,30). The molecule has 1 amide bonds. The molecule has 4 heteroatoms. The molecular weight excluding hydrogens is 406 g/mol. The molecular formula is C27H28ClNO2. The molecule has 3 aromatic carbocycles. The lowest BCUT2D eigenvalue weighted by Crippen LogP contribution is -2.27. The Hall–Kier alpha value is -3.04. The van der Waals surface area contributed by atoms with Crippen LogP contribution in [0.5, 0.6) is 5.75 Å². The van der Waals surface area contributed by atoms with E-state index in [0.717, 1.165) is 16.7 Å². The number of carbonyl (C=O) groups is 1. The second-order valence-electron chi connectivity index (χ2n) is 7.70. The van der Waals surface area contributed by atoms with Crippen molar-refractivity contribution in [2.45, 2.75) is 26.4 Å². The van der Waals surface area contributed by atoms with Crippen LogP contribution in [-0.2, 0) is 11.2 Å². The van der Waals surface area contributed by atoms with E-state index in [2.05, 4.69) is 41.7 Å². The van der Waals surface area contributed by atoms with Gasteiger partial charge in [0, 0.05) is 7.05 Å². The zero-order chi connectivity index (χ0) is 22.2. The molecule has 0 radical (unpaired) electrons. The van der Waals surface area contributed by atoms with Gasteiger partial charge in [0.05, 0.1) is 17.0 Å². The van der Waals surface area contributed by atoms with Crippen molar-refractivity contribution < 1.29 is 9.53 Å². The Labute approximate surface area is 189 Å². The quantitative estimate of drug-likeness (QED) is 0.445. The van der Waals surface area contributed by atoms with E-state index in [0.29, 0.717) is 17.2 Å². The molecule has 0 aliphatic carbocycles. The van der Waals surface area contributed by atoms with Crippen molar-refractivity contribution in [2.75, 3.05) is 7.05 Å². The number of halogens is 1. The van der Waals surface area contributed by atoms with Gasteiger partial charge in [-0.3, -0.25) is 4.79 Å². The first kappa shape index (κ1) is 22.6. The van der Waals surface area contributed by atoms with E-state index in [1.54, 1.807) is 7.05 Å². The van der Waals surface area contributed by atoms with Crippen molar-refractivity contribution in [3.63, 3.8) is 0 Å². The number of carbonyl (C=O) groups excluding carboxylic acids is 1. The van der Waals surface area contributed by atoms with E-state index >= 15 is 0 Å². The van der Waals surface area contributed by atoms with Crippen LogP contribution >= 0.6 is 11.6 Å². The summed E-state index contributed by atoms with van der Waals surface area (Å²) in [5.74, 6) is 0.363. The minimum atomic E-state index is -0.280. The van der Waals surface area contributed by atoms with Crippen molar-refractivity contribution in [1.82, 2.24) is 5.32 Å². The van der Waals surface area contributed by atoms with E-state index in [1.807, 2.05) is 62.4 Å². The SMILES string of the molecule is CNC(=O)C(C=Cc1ccc(OC(C)C)c(Cl)c1)Cc1ccc(-c2ccccc2)cc1. The van der Waals surface area contributed by atoms with Gasteiger partial charge < -0.3 is 10.1 Å². The summed E-state index contributed by atoms with van der Waals surface area (Å²) in [6.45, 7) is 3.93. The van der Waals surface area contributed by atoms with E-state index in [4.69, 9.17) is 16.3 Å². The summed E-state index contributed by atoms with van der Waals surface area (Å²) >= 11 is 6.34. The van der Waals surface area contributed by atoms with Gasteiger partial charge in [-0.15, -0.1) is 0 Å². The Balaban J connectivity index is 1.73. The van der Waals surface area contributed by atoms with Crippen LogP contribution in [0.15, 0.2) is 78.9 Å². The van der Waals surface area contributed by atoms with Crippen molar-refractivity contribution >= 4 is 23.6 Å². The molecule has 31 heavy (non-hydrogen) atoms. The number of ether oxygens (including phenoxy) is 1. The molecule has 3 nitrogen and oxygen atoms in total. The van der Waals surface area contributed by atoms with E-state index in [-0.39, 0.29) is 17.9 Å². The summed E-state index contributed by atoms with van der Waals surface area (Å²) < 4.78 is 5.68. The smallest absolute Gasteiger partial charge is 0.227 e. The Kier molecular flexibility index (Phi) is 7.91. The lowest BCUT2D eigenvalue weighted by molar-refractivity contribution is -0.123. The first-order valence-corrected chi connectivity index (χ1v) is 10.8. The molecule has 3 aromatic rings. The summed E-state index contributed by atoms with van der Waals surface area (Å²) in [6, 6.07) is 24.3. The summed E-state index contributed by atoms with van der Waals surface area (Å²) in [5.41, 5.74) is 4.37. The first-order chi connectivity index (χ1) is 15.0. The van der Waals surface area contributed by atoms with Gasteiger partial charge in [-0.25, -0.2) is 0 Å². The molecule has 0 bridgehead atoms. The summed E-state index contributed by atoms with van der Waals surface area (Å²) in [4.78, 5) is 12.5. The Bertz CT molecular complexity index is 1030. The van der Waals surface area contributed by atoms with Gasteiger partial charge in [-0.05, 0) is 54.7 Å². The lowest BCUT2D eigenvalue weighted by Gasteiger charge is -2.13. The van der Waals surface area contributed by atoms with Crippen molar-refractivity contribution in [3.8, 4) is 16.9 Å². The minimum absolute atomic E-state index is 0.0192. The van der Waals surface area contributed by atoms with Gasteiger partial charge in [-0.2, -0.15) is 0 Å². The van der Waals surface area contributed by atoms with E-state index in [1.165, 1.54) is 5.56 Å². The minimum Gasteiger partial charge on any atom is -0.489 e. The van der Waals surface area contributed by atoms with Crippen molar-refractivity contribution in [3.05, 3.63) is 95.0 Å². The van der Waals surface area contributed by atoms with Gasteiger partial charge in [0.15, 0.2) is 0 Å². The molecule has 0 aromatic heterocycles. The number of amides is 1. The largest absolute Gasteiger partial charge is 0.489 e. The van der Waals surface area contributed by atoms with Gasteiger partial charge in [0.1, 0.15) is 5.75 Å². The predicted octanol–water partition coefficient (Wildman–Crippen LogP) is 6.41.